The molecule has 2 aromatic carbocycles. The summed E-state index contributed by atoms with van der Waals surface area (Å²) in [6, 6.07) is 20.4. The lowest BCUT2D eigenvalue weighted by atomic mass is 10.2. The molecule has 0 aliphatic carbocycles. The molecule has 1 unspecified atom stereocenters. The van der Waals surface area contributed by atoms with Crippen LogP contribution in [0.1, 0.15) is 29.3 Å². The van der Waals surface area contributed by atoms with E-state index in [9.17, 15) is 4.79 Å². The average molecular weight is 416 g/mol. The number of rotatable bonds is 8. The smallest absolute Gasteiger partial charge is 0.270 e. The van der Waals surface area contributed by atoms with E-state index >= 15 is 0 Å². The minimum atomic E-state index is -0.303. The fourth-order valence-electron chi connectivity index (χ4n) is 3.42. The molecule has 1 N–H and O–H groups in total. The number of ether oxygens (including phenoxy) is 2. The summed E-state index contributed by atoms with van der Waals surface area (Å²) in [5.74, 6) is 2.08. The highest BCUT2D eigenvalue weighted by Gasteiger charge is 2.19. The molecule has 7 heteroatoms. The standard InChI is InChI=1S/C24H24N4O3/c1-17(26-24(29)21-8-5-6-14-25-21)23-27-20-7-3-4-9-22(20)28(23)15-16-31-19-12-10-18(30-2)11-13-19/h3-14,17H,15-16H2,1-2H3,(H,26,29). The van der Waals surface area contributed by atoms with Crippen LogP contribution in [0.2, 0.25) is 0 Å². The molecular weight excluding hydrogens is 392 g/mol. The lowest BCUT2D eigenvalue weighted by molar-refractivity contribution is 0.0932. The first-order valence-corrected chi connectivity index (χ1v) is 10.1. The number of carbonyl (C=O) groups is 1. The number of fused-ring (bicyclic) bond motifs is 1. The van der Waals surface area contributed by atoms with Crippen LogP contribution >= 0.6 is 0 Å². The highest BCUT2D eigenvalue weighted by Crippen LogP contribution is 2.22. The molecule has 7 nitrogen and oxygen atoms in total. The number of nitrogens with zero attached hydrogens (tertiary/aromatic N) is 3. The Labute approximate surface area is 180 Å². The number of methoxy groups -OCH3 is 1. The fraction of sp³-hybridized carbons (Fsp3) is 0.208. The molecule has 0 radical (unpaired) electrons. The minimum Gasteiger partial charge on any atom is -0.497 e. The van der Waals surface area contributed by atoms with Gasteiger partial charge >= 0.3 is 0 Å². The van der Waals surface area contributed by atoms with Gasteiger partial charge in [0.15, 0.2) is 0 Å². The summed E-state index contributed by atoms with van der Waals surface area (Å²) in [6.07, 6.45) is 1.60. The zero-order valence-corrected chi connectivity index (χ0v) is 17.5. The normalized spacial score (nSPS) is 11.8. The molecule has 0 aliphatic heterocycles. The molecule has 31 heavy (non-hydrogen) atoms. The van der Waals surface area contributed by atoms with Crippen molar-refractivity contribution in [2.75, 3.05) is 13.7 Å². The van der Waals surface area contributed by atoms with Gasteiger partial charge in [-0.15, -0.1) is 0 Å². The Morgan fingerprint density at radius 3 is 2.52 bits per heavy atom. The third-order valence-corrected chi connectivity index (χ3v) is 4.96. The van der Waals surface area contributed by atoms with E-state index in [1.165, 1.54) is 0 Å². The Bertz CT molecular complexity index is 1160. The van der Waals surface area contributed by atoms with Gasteiger partial charge in [-0.05, 0) is 55.5 Å². The summed E-state index contributed by atoms with van der Waals surface area (Å²) in [4.78, 5) is 21.4. The summed E-state index contributed by atoms with van der Waals surface area (Å²) in [5, 5.41) is 3.00. The van der Waals surface area contributed by atoms with Crippen molar-refractivity contribution >= 4 is 16.9 Å². The number of amides is 1. The molecular formula is C24H24N4O3. The van der Waals surface area contributed by atoms with Crippen LogP contribution in [0.4, 0.5) is 0 Å². The third kappa shape index (κ3) is 4.66. The molecule has 0 bridgehead atoms. The predicted octanol–water partition coefficient (Wildman–Crippen LogP) is 4.01. The third-order valence-electron chi connectivity index (χ3n) is 4.96. The van der Waals surface area contributed by atoms with Gasteiger partial charge in [0.25, 0.3) is 5.91 Å². The molecule has 0 spiro atoms. The van der Waals surface area contributed by atoms with Gasteiger partial charge in [-0.25, -0.2) is 4.98 Å². The number of pyridine rings is 1. The van der Waals surface area contributed by atoms with Crippen molar-refractivity contribution < 1.29 is 14.3 Å². The molecule has 0 saturated heterocycles. The maximum atomic E-state index is 12.6. The number of carbonyl (C=O) groups excluding carboxylic acids is 1. The van der Waals surface area contributed by atoms with Gasteiger partial charge in [0.2, 0.25) is 0 Å². The van der Waals surface area contributed by atoms with E-state index in [1.807, 2.05) is 55.5 Å². The summed E-state index contributed by atoms with van der Waals surface area (Å²) >= 11 is 0. The average Bonchev–Trinajstić information content (AvgIpc) is 3.19. The number of hydrogen-bond donors (Lipinski definition) is 1. The van der Waals surface area contributed by atoms with Crippen LogP contribution in [0.5, 0.6) is 11.5 Å². The van der Waals surface area contributed by atoms with Crippen molar-refractivity contribution in [2.24, 2.45) is 0 Å². The van der Waals surface area contributed by atoms with E-state index in [2.05, 4.69) is 14.9 Å². The number of imidazole rings is 1. The number of nitrogens with one attached hydrogen (secondary N) is 1. The lowest BCUT2D eigenvalue weighted by Gasteiger charge is -2.16. The van der Waals surface area contributed by atoms with Crippen LogP contribution in [-0.4, -0.2) is 34.2 Å². The van der Waals surface area contributed by atoms with E-state index in [0.29, 0.717) is 18.8 Å². The Morgan fingerprint density at radius 2 is 1.77 bits per heavy atom. The van der Waals surface area contributed by atoms with Crippen LogP contribution in [0, 0.1) is 0 Å². The minimum absolute atomic E-state index is 0.235. The summed E-state index contributed by atoms with van der Waals surface area (Å²) < 4.78 is 13.2. The van der Waals surface area contributed by atoms with Gasteiger partial charge in [-0.2, -0.15) is 0 Å². The van der Waals surface area contributed by atoms with Gasteiger partial charge in [0, 0.05) is 6.20 Å². The molecule has 1 atom stereocenters. The number of aromatic nitrogens is 3. The fourth-order valence-corrected chi connectivity index (χ4v) is 3.42. The van der Waals surface area contributed by atoms with Crippen molar-refractivity contribution in [2.45, 2.75) is 19.5 Å². The first kappa shape index (κ1) is 20.4. The Balaban J connectivity index is 1.51. The summed E-state index contributed by atoms with van der Waals surface area (Å²) in [6.45, 7) is 2.97. The topological polar surface area (TPSA) is 78.3 Å². The van der Waals surface area contributed by atoms with Crippen LogP contribution < -0.4 is 14.8 Å². The molecule has 4 rings (SSSR count). The second-order valence-electron chi connectivity index (χ2n) is 7.04. The van der Waals surface area contributed by atoms with Crippen LogP contribution in [0.3, 0.4) is 0 Å². The second kappa shape index (κ2) is 9.30. The quantitative estimate of drug-likeness (QED) is 0.470. The zero-order valence-electron chi connectivity index (χ0n) is 17.5. The maximum Gasteiger partial charge on any atom is 0.270 e. The first-order chi connectivity index (χ1) is 15.2. The first-order valence-electron chi connectivity index (χ1n) is 10.1. The number of benzene rings is 2. The molecule has 0 saturated carbocycles. The van der Waals surface area contributed by atoms with Crippen molar-refractivity contribution in [1.29, 1.82) is 0 Å². The van der Waals surface area contributed by atoms with E-state index < -0.39 is 0 Å². The molecule has 0 aliphatic rings. The Hall–Kier alpha value is -3.87. The Morgan fingerprint density at radius 1 is 1.03 bits per heavy atom. The van der Waals surface area contributed by atoms with E-state index in [4.69, 9.17) is 14.5 Å². The van der Waals surface area contributed by atoms with Gasteiger partial charge in [0.1, 0.15) is 29.6 Å². The molecule has 0 fully saturated rings. The summed E-state index contributed by atoms with van der Waals surface area (Å²) in [7, 11) is 1.63. The van der Waals surface area contributed by atoms with Crippen molar-refractivity contribution in [3.8, 4) is 11.5 Å². The summed E-state index contributed by atoms with van der Waals surface area (Å²) in [5.41, 5.74) is 2.25. The largest absolute Gasteiger partial charge is 0.497 e. The number of hydrogen-bond acceptors (Lipinski definition) is 5. The molecule has 4 aromatic rings. The SMILES string of the molecule is COc1ccc(OCCn2c(C(C)NC(=O)c3ccccn3)nc3ccccc32)cc1. The molecule has 2 heterocycles. The maximum absolute atomic E-state index is 12.6. The van der Waals surface area contributed by atoms with Crippen molar-refractivity contribution in [3.05, 3.63) is 84.4 Å². The molecule has 158 valence electrons. The van der Waals surface area contributed by atoms with Crippen LogP contribution in [-0.2, 0) is 6.54 Å². The van der Waals surface area contributed by atoms with Gasteiger partial charge in [0.05, 0.1) is 30.7 Å². The highest BCUT2D eigenvalue weighted by atomic mass is 16.5. The Kier molecular flexibility index (Phi) is 6.12. The zero-order chi connectivity index (χ0) is 21.6. The van der Waals surface area contributed by atoms with Crippen molar-refractivity contribution in [3.63, 3.8) is 0 Å². The van der Waals surface area contributed by atoms with Crippen molar-refractivity contribution in [1.82, 2.24) is 19.9 Å². The lowest BCUT2D eigenvalue weighted by Crippen LogP contribution is -2.29. The van der Waals surface area contributed by atoms with Crippen LogP contribution in [0.25, 0.3) is 11.0 Å². The number of para-hydroxylation sites is 2. The molecule has 1 amide bonds. The second-order valence-corrected chi connectivity index (χ2v) is 7.04. The van der Waals surface area contributed by atoms with Crippen LogP contribution in [0.15, 0.2) is 72.9 Å². The molecule has 2 aromatic heterocycles. The monoisotopic (exact) mass is 416 g/mol. The van der Waals surface area contributed by atoms with E-state index in [-0.39, 0.29) is 11.9 Å². The van der Waals surface area contributed by atoms with Gasteiger partial charge < -0.3 is 19.4 Å². The van der Waals surface area contributed by atoms with Gasteiger partial charge in [-0.1, -0.05) is 18.2 Å². The predicted molar refractivity (Wildman–Crippen MR) is 118 cm³/mol. The van der Waals surface area contributed by atoms with E-state index in [1.54, 1.807) is 31.5 Å². The van der Waals surface area contributed by atoms with E-state index in [0.717, 1.165) is 28.4 Å². The van der Waals surface area contributed by atoms with Gasteiger partial charge in [-0.3, -0.25) is 9.78 Å². The highest BCUT2D eigenvalue weighted by molar-refractivity contribution is 5.92.